The molecule has 1 aliphatic rings. The second-order valence-corrected chi connectivity index (χ2v) is 11.4. The SMILES string of the molecule is CN1C(C)(C)CC(Nc2nc(Nc3cccc(-n4nnnc4SCC(F)(F)F)c3)ncc2C#N)CC1(C)C. The van der Waals surface area contributed by atoms with E-state index in [9.17, 15) is 18.4 Å². The van der Waals surface area contributed by atoms with Crippen LogP contribution in [0.3, 0.4) is 0 Å². The standard InChI is InChI=1S/C24H29F3N10S/c1-22(2)10-17(11-23(3,4)36(22)5)30-19-15(12-28)13-29-20(32-19)31-16-7-6-8-18(9-16)37-21(33-34-35-37)38-14-24(25,26)27/h6-9,13,17H,10-11,14H2,1-5H3,(H2,29,30,31,32). The number of hydrogen-bond donors (Lipinski definition) is 2. The molecule has 2 N–H and O–H groups in total. The number of tetrazole rings is 1. The molecule has 1 fully saturated rings. The maximum absolute atomic E-state index is 12.7. The first kappa shape index (κ1) is 27.6. The number of rotatable bonds is 7. The first-order chi connectivity index (χ1) is 17.8. The number of likely N-dealkylation sites (tertiary alicyclic amines) is 1. The summed E-state index contributed by atoms with van der Waals surface area (Å²) in [7, 11) is 2.13. The Balaban J connectivity index is 1.54. The molecule has 202 valence electrons. The van der Waals surface area contributed by atoms with Crippen LogP contribution in [0.15, 0.2) is 35.6 Å². The average Bonchev–Trinajstić information content (AvgIpc) is 3.30. The monoisotopic (exact) mass is 546 g/mol. The summed E-state index contributed by atoms with van der Waals surface area (Å²) >= 11 is 0.502. The number of nitrogens with one attached hydrogen (secondary N) is 2. The minimum atomic E-state index is -4.34. The van der Waals surface area contributed by atoms with Crippen LogP contribution < -0.4 is 10.6 Å². The molecular formula is C24H29F3N10S. The minimum Gasteiger partial charge on any atom is -0.366 e. The van der Waals surface area contributed by atoms with Gasteiger partial charge in [0.25, 0.3) is 0 Å². The van der Waals surface area contributed by atoms with Crippen LogP contribution in [0.5, 0.6) is 0 Å². The topological polar surface area (TPSA) is 120 Å². The number of aromatic nitrogens is 6. The molecule has 0 amide bonds. The second kappa shape index (κ2) is 10.4. The zero-order valence-corrected chi connectivity index (χ0v) is 22.5. The van der Waals surface area contributed by atoms with Crippen LogP contribution in [0.25, 0.3) is 5.69 Å². The van der Waals surface area contributed by atoms with Crippen LogP contribution in [0.2, 0.25) is 0 Å². The molecule has 10 nitrogen and oxygen atoms in total. The molecule has 2 aromatic heterocycles. The summed E-state index contributed by atoms with van der Waals surface area (Å²) < 4.78 is 39.2. The average molecular weight is 547 g/mol. The highest BCUT2D eigenvalue weighted by Crippen LogP contribution is 2.38. The third-order valence-corrected chi connectivity index (χ3v) is 7.70. The number of piperidine rings is 1. The van der Waals surface area contributed by atoms with E-state index in [-0.39, 0.29) is 28.2 Å². The van der Waals surface area contributed by atoms with E-state index in [0.717, 1.165) is 12.8 Å². The van der Waals surface area contributed by atoms with Gasteiger partial charge in [0.05, 0.1) is 17.6 Å². The molecule has 0 atom stereocenters. The van der Waals surface area contributed by atoms with E-state index >= 15 is 0 Å². The number of nitrogens with zero attached hydrogens (tertiary/aromatic N) is 8. The smallest absolute Gasteiger partial charge is 0.366 e. The Morgan fingerprint density at radius 2 is 1.89 bits per heavy atom. The molecule has 0 saturated carbocycles. The summed E-state index contributed by atoms with van der Waals surface area (Å²) in [5, 5.41) is 27.3. The van der Waals surface area contributed by atoms with Crippen molar-refractivity contribution >= 4 is 29.2 Å². The fourth-order valence-corrected chi connectivity index (χ4v) is 5.37. The van der Waals surface area contributed by atoms with Crippen LogP contribution in [0.1, 0.15) is 46.1 Å². The summed E-state index contributed by atoms with van der Waals surface area (Å²) in [6.45, 7) is 8.80. The lowest BCUT2D eigenvalue weighted by atomic mass is 9.77. The first-order valence-corrected chi connectivity index (χ1v) is 12.9. The molecule has 0 unspecified atom stereocenters. The van der Waals surface area contributed by atoms with E-state index in [1.165, 1.54) is 10.9 Å². The molecule has 0 spiro atoms. The number of thioether (sulfide) groups is 1. The van der Waals surface area contributed by atoms with Crippen LogP contribution in [-0.4, -0.2) is 71.2 Å². The fourth-order valence-electron chi connectivity index (χ4n) is 4.72. The highest BCUT2D eigenvalue weighted by atomic mass is 32.2. The fraction of sp³-hybridized carbons (Fsp3) is 0.500. The number of halogens is 3. The predicted molar refractivity (Wildman–Crippen MR) is 139 cm³/mol. The number of nitriles is 1. The molecule has 1 aromatic carbocycles. The Kier molecular flexibility index (Phi) is 7.53. The summed E-state index contributed by atoms with van der Waals surface area (Å²) in [6.07, 6.45) is -1.15. The van der Waals surface area contributed by atoms with Gasteiger partial charge in [0.2, 0.25) is 11.1 Å². The van der Waals surface area contributed by atoms with Crippen LogP contribution in [0.4, 0.5) is 30.6 Å². The first-order valence-electron chi connectivity index (χ1n) is 11.9. The van der Waals surface area contributed by atoms with E-state index in [1.807, 2.05) is 0 Å². The van der Waals surface area contributed by atoms with Crippen molar-refractivity contribution in [1.29, 1.82) is 5.26 Å². The van der Waals surface area contributed by atoms with Crippen molar-refractivity contribution in [2.45, 2.75) is 69.0 Å². The Morgan fingerprint density at radius 1 is 1.18 bits per heavy atom. The van der Waals surface area contributed by atoms with Gasteiger partial charge in [0.15, 0.2) is 0 Å². The van der Waals surface area contributed by atoms with Gasteiger partial charge in [-0.2, -0.15) is 28.1 Å². The van der Waals surface area contributed by atoms with Crippen LogP contribution in [0, 0.1) is 11.3 Å². The molecule has 0 aliphatic carbocycles. The lowest BCUT2D eigenvalue weighted by Gasteiger charge is -2.53. The number of anilines is 3. The maximum Gasteiger partial charge on any atom is 0.398 e. The molecule has 3 heterocycles. The van der Waals surface area contributed by atoms with Gasteiger partial charge in [-0.15, -0.1) is 5.10 Å². The van der Waals surface area contributed by atoms with E-state index < -0.39 is 11.9 Å². The van der Waals surface area contributed by atoms with Crippen molar-refractivity contribution in [3.05, 3.63) is 36.0 Å². The Labute approximate surface area is 223 Å². The minimum absolute atomic E-state index is 0.0181. The van der Waals surface area contributed by atoms with Crippen LogP contribution >= 0.6 is 11.8 Å². The summed E-state index contributed by atoms with van der Waals surface area (Å²) in [4.78, 5) is 11.2. The third kappa shape index (κ3) is 6.33. The normalized spacial score (nSPS) is 17.7. The van der Waals surface area contributed by atoms with E-state index in [0.29, 0.717) is 34.5 Å². The van der Waals surface area contributed by atoms with Crippen molar-refractivity contribution in [3.63, 3.8) is 0 Å². The molecule has 38 heavy (non-hydrogen) atoms. The van der Waals surface area contributed by atoms with Gasteiger partial charge >= 0.3 is 6.18 Å². The van der Waals surface area contributed by atoms with Crippen molar-refractivity contribution in [3.8, 4) is 11.8 Å². The highest BCUT2D eigenvalue weighted by Gasteiger charge is 2.43. The van der Waals surface area contributed by atoms with E-state index in [2.05, 4.69) is 81.8 Å². The highest BCUT2D eigenvalue weighted by molar-refractivity contribution is 7.99. The number of hydrogen-bond acceptors (Lipinski definition) is 10. The maximum atomic E-state index is 12.7. The molecule has 1 saturated heterocycles. The zero-order chi connectivity index (χ0) is 27.7. The zero-order valence-electron chi connectivity index (χ0n) is 21.7. The van der Waals surface area contributed by atoms with Gasteiger partial charge in [-0.1, -0.05) is 17.8 Å². The van der Waals surface area contributed by atoms with E-state index in [4.69, 9.17) is 0 Å². The van der Waals surface area contributed by atoms with Crippen molar-refractivity contribution in [2.75, 3.05) is 23.4 Å². The Bertz CT molecular complexity index is 1310. The lowest BCUT2D eigenvalue weighted by molar-refractivity contribution is -0.105. The molecule has 0 radical (unpaired) electrons. The molecule has 0 bridgehead atoms. The van der Waals surface area contributed by atoms with Crippen molar-refractivity contribution in [1.82, 2.24) is 35.1 Å². The van der Waals surface area contributed by atoms with Crippen LogP contribution in [-0.2, 0) is 0 Å². The lowest BCUT2D eigenvalue weighted by Crippen LogP contribution is -2.61. The summed E-state index contributed by atoms with van der Waals surface area (Å²) in [5.74, 6) is -0.404. The second-order valence-electron chi connectivity index (χ2n) is 10.5. The summed E-state index contributed by atoms with van der Waals surface area (Å²) in [5.41, 5.74) is 1.27. The van der Waals surface area contributed by atoms with Gasteiger partial charge in [-0.05, 0) is 76.2 Å². The van der Waals surface area contributed by atoms with Gasteiger partial charge < -0.3 is 10.6 Å². The Hall–Kier alpha value is -3.44. The largest absolute Gasteiger partial charge is 0.398 e. The molecule has 1 aliphatic heterocycles. The Morgan fingerprint density at radius 3 is 2.55 bits per heavy atom. The number of alkyl halides is 3. The van der Waals surface area contributed by atoms with Crippen molar-refractivity contribution < 1.29 is 13.2 Å². The third-order valence-electron chi connectivity index (χ3n) is 6.71. The van der Waals surface area contributed by atoms with Crippen molar-refractivity contribution in [2.24, 2.45) is 0 Å². The van der Waals surface area contributed by atoms with E-state index in [1.54, 1.807) is 24.3 Å². The van der Waals surface area contributed by atoms with Gasteiger partial charge in [0, 0.05) is 22.8 Å². The molecule has 14 heteroatoms. The molecular weight excluding hydrogens is 517 g/mol. The summed E-state index contributed by atoms with van der Waals surface area (Å²) in [6, 6.07) is 9.06. The molecule has 4 rings (SSSR count). The van der Waals surface area contributed by atoms with Gasteiger partial charge in [-0.25, -0.2) is 4.98 Å². The predicted octanol–water partition coefficient (Wildman–Crippen LogP) is 4.79. The molecule has 3 aromatic rings. The number of benzene rings is 1. The van der Waals surface area contributed by atoms with Gasteiger partial charge in [0.1, 0.15) is 17.5 Å². The quantitative estimate of drug-likeness (QED) is 0.400. The van der Waals surface area contributed by atoms with Gasteiger partial charge in [-0.3, -0.25) is 4.90 Å².